The fraction of sp³-hybridized carbons (Fsp3) is 0.250. The molecule has 1 atom stereocenters. The molecule has 1 aliphatic heterocycles. The zero-order valence-corrected chi connectivity index (χ0v) is 15.7. The predicted molar refractivity (Wildman–Crippen MR) is 93.1 cm³/mol. The van der Waals surface area contributed by atoms with Crippen LogP contribution in [0.4, 0.5) is 0 Å². The smallest absolute Gasteiger partial charge is 0.464 e. The van der Waals surface area contributed by atoms with Crippen LogP contribution in [0.3, 0.4) is 0 Å². The van der Waals surface area contributed by atoms with Crippen molar-refractivity contribution in [2.75, 3.05) is 21.3 Å². The Bertz CT molecular complexity index is 732. The molecule has 0 spiro atoms. The fourth-order valence-electron chi connectivity index (χ4n) is 2.24. The van der Waals surface area contributed by atoms with Crippen LogP contribution in [0.2, 0.25) is 0 Å². The second-order valence-corrected chi connectivity index (χ2v) is 8.29. The number of ether oxygens (including phenoxy) is 1. The van der Waals surface area contributed by atoms with Crippen molar-refractivity contribution in [3.05, 3.63) is 54.1 Å². The van der Waals surface area contributed by atoms with Crippen molar-refractivity contribution in [2.24, 2.45) is 0 Å². The highest BCUT2D eigenvalue weighted by atomic mass is 31.2. The zero-order chi connectivity index (χ0) is 17.9. The highest BCUT2D eigenvalue weighted by molar-refractivity contribution is 7.54. The molecule has 7 nitrogen and oxygen atoms in total. The molecule has 0 saturated carbocycles. The molecule has 0 bridgehead atoms. The first-order valence-corrected chi connectivity index (χ1v) is 10.1. The van der Waals surface area contributed by atoms with Gasteiger partial charge in [-0.1, -0.05) is 24.3 Å². The van der Waals surface area contributed by atoms with Gasteiger partial charge in [-0.15, -0.1) is 0 Å². The summed E-state index contributed by atoms with van der Waals surface area (Å²) in [6, 6.07) is 14.1. The number of hydrogen-bond donors (Lipinski definition) is 0. The molecule has 0 aromatic heterocycles. The van der Waals surface area contributed by atoms with E-state index < -0.39 is 22.0 Å². The summed E-state index contributed by atoms with van der Waals surface area (Å²) >= 11 is 0. The van der Waals surface area contributed by atoms with E-state index in [-0.39, 0.29) is 0 Å². The van der Waals surface area contributed by atoms with Crippen LogP contribution in [0.25, 0.3) is 0 Å². The number of methoxy groups -OCH3 is 1. The van der Waals surface area contributed by atoms with Crippen LogP contribution in [0, 0.1) is 0 Å². The largest absolute Gasteiger partial charge is 0.497 e. The first kappa shape index (κ1) is 18.2. The summed E-state index contributed by atoms with van der Waals surface area (Å²) in [5, 5.41) is 0. The van der Waals surface area contributed by atoms with E-state index >= 15 is 0 Å². The van der Waals surface area contributed by atoms with Gasteiger partial charge < -0.3 is 22.8 Å². The van der Waals surface area contributed by atoms with Crippen molar-refractivity contribution >= 4 is 16.2 Å². The summed E-state index contributed by atoms with van der Waals surface area (Å²) in [5.74, 6) is 0.811. The third kappa shape index (κ3) is 3.81. The van der Waals surface area contributed by atoms with Gasteiger partial charge in [0.15, 0.2) is 17.3 Å². The average Bonchev–Trinajstić information content (AvgIpc) is 3.08. The maximum atomic E-state index is 13.0. The van der Waals surface area contributed by atoms with E-state index in [1.807, 2.05) is 12.1 Å². The van der Waals surface area contributed by atoms with E-state index in [1.165, 1.54) is 14.2 Å². The molecule has 134 valence electrons. The van der Waals surface area contributed by atoms with Crippen LogP contribution >= 0.6 is 16.2 Å². The van der Waals surface area contributed by atoms with Crippen molar-refractivity contribution in [1.29, 1.82) is 0 Å². The molecule has 1 aliphatic rings. The lowest BCUT2D eigenvalue weighted by molar-refractivity contribution is 0.182. The van der Waals surface area contributed by atoms with Crippen LogP contribution in [-0.2, 0) is 18.1 Å². The maximum Gasteiger partial charge on any atom is 0.464 e. The highest BCUT2D eigenvalue weighted by Gasteiger charge is 2.42. The molecule has 0 aliphatic carbocycles. The Balaban J connectivity index is 1.86. The summed E-state index contributed by atoms with van der Waals surface area (Å²) in [6.45, 7) is 0. The number of benzene rings is 2. The Labute approximate surface area is 147 Å². The summed E-state index contributed by atoms with van der Waals surface area (Å²) in [7, 11) is -1.19. The lowest BCUT2D eigenvalue weighted by atomic mass is 10.2. The molecule has 2 aromatic carbocycles. The Morgan fingerprint density at radius 2 is 1.48 bits per heavy atom. The number of para-hydroxylation sites is 2. The third-order valence-electron chi connectivity index (χ3n) is 3.58. The van der Waals surface area contributed by atoms with Crippen LogP contribution in [0.1, 0.15) is 11.4 Å². The molecular formula is C16H18O7P2. The lowest BCUT2D eigenvalue weighted by Crippen LogP contribution is -2.08. The van der Waals surface area contributed by atoms with E-state index in [0.717, 1.165) is 0 Å². The second-order valence-electron chi connectivity index (χ2n) is 4.99. The molecule has 2 aromatic rings. The van der Waals surface area contributed by atoms with Gasteiger partial charge in [-0.2, -0.15) is 0 Å². The van der Waals surface area contributed by atoms with E-state index in [4.69, 9.17) is 27.4 Å². The van der Waals surface area contributed by atoms with Crippen molar-refractivity contribution in [3.8, 4) is 17.2 Å². The first-order valence-electron chi connectivity index (χ1n) is 7.36. The maximum absolute atomic E-state index is 13.0. The van der Waals surface area contributed by atoms with Crippen molar-refractivity contribution in [3.63, 3.8) is 0 Å². The van der Waals surface area contributed by atoms with Crippen LogP contribution in [-0.4, -0.2) is 21.3 Å². The molecular weight excluding hydrogens is 366 g/mol. The van der Waals surface area contributed by atoms with Gasteiger partial charge in [0.05, 0.1) is 7.11 Å². The van der Waals surface area contributed by atoms with Crippen LogP contribution in [0.15, 0.2) is 48.5 Å². The van der Waals surface area contributed by atoms with E-state index in [0.29, 0.717) is 22.8 Å². The summed E-state index contributed by atoms with van der Waals surface area (Å²) in [6.07, 6.45) is 0. The van der Waals surface area contributed by atoms with E-state index in [1.54, 1.807) is 43.5 Å². The summed E-state index contributed by atoms with van der Waals surface area (Å²) in [5.41, 5.74) is 0.596. The minimum atomic E-state index is -3.59. The number of rotatable bonds is 7. The van der Waals surface area contributed by atoms with Gasteiger partial charge in [0.1, 0.15) is 5.75 Å². The quantitative estimate of drug-likeness (QED) is 0.629. The third-order valence-corrected chi connectivity index (χ3v) is 6.81. The summed E-state index contributed by atoms with van der Waals surface area (Å²) < 4.78 is 45.5. The molecule has 0 saturated heterocycles. The number of fused-ring (bicyclic) bond motifs is 1. The van der Waals surface area contributed by atoms with E-state index in [9.17, 15) is 4.57 Å². The molecule has 0 N–H and O–H groups in total. The first-order chi connectivity index (χ1) is 12.1. The standard InChI is InChI=1S/C16H18O7P2/c1-18-13-10-8-12(9-11-13)16(25(17,19-2)20-3)23-24-21-14-6-4-5-7-15(14)22-24/h4-11,16H,1-3H3. The van der Waals surface area contributed by atoms with Gasteiger partial charge in [-0.05, 0) is 29.8 Å². The Kier molecular flexibility index (Phi) is 5.62. The molecule has 1 heterocycles. The SMILES string of the molecule is COc1ccc(C(OP2Oc3ccccc3O2)P(=O)(OC)OC)cc1. The Morgan fingerprint density at radius 3 is 1.96 bits per heavy atom. The van der Waals surface area contributed by atoms with Gasteiger partial charge in [-0.3, -0.25) is 9.09 Å². The second kappa shape index (κ2) is 7.73. The van der Waals surface area contributed by atoms with Crippen molar-refractivity contribution in [2.45, 2.75) is 5.85 Å². The van der Waals surface area contributed by atoms with Crippen LogP contribution < -0.4 is 13.8 Å². The molecule has 25 heavy (non-hydrogen) atoms. The minimum Gasteiger partial charge on any atom is -0.497 e. The molecule has 1 unspecified atom stereocenters. The van der Waals surface area contributed by atoms with Crippen molar-refractivity contribution < 1.29 is 31.9 Å². The normalized spacial score (nSPS) is 15.2. The van der Waals surface area contributed by atoms with Crippen LogP contribution in [0.5, 0.6) is 17.2 Å². The van der Waals surface area contributed by atoms with Crippen molar-refractivity contribution in [1.82, 2.24) is 0 Å². The highest BCUT2D eigenvalue weighted by Crippen LogP contribution is 2.66. The van der Waals surface area contributed by atoms with Gasteiger partial charge in [0, 0.05) is 14.2 Å². The molecule has 3 rings (SSSR count). The van der Waals surface area contributed by atoms with Gasteiger partial charge in [0.2, 0.25) is 0 Å². The molecule has 0 radical (unpaired) electrons. The zero-order valence-electron chi connectivity index (χ0n) is 13.9. The van der Waals surface area contributed by atoms with Gasteiger partial charge >= 0.3 is 16.2 Å². The Morgan fingerprint density at radius 1 is 0.920 bits per heavy atom. The Hall–Kier alpha value is -1.62. The summed E-state index contributed by atoms with van der Waals surface area (Å²) in [4.78, 5) is 0. The predicted octanol–water partition coefficient (Wildman–Crippen LogP) is 4.89. The van der Waals surface area contributed by atoms with Gasteiger partial charge in [-0.25, -0.2) is 0 Å². The number of hydrogen-bond acceptors (Lipinski definition) is 7. The monoisotopic (exact) mass is 384 g/mol. The fourth-order valence-corrected chi connectivity index (χ4v) is 5.03. The topological polar surface area (TPSA) is 72.5 Å². The van der Waals surface area contributed by atoms with E-state index in [2.05, 4.69) is 0 Å². The molecule has 0 fully saturated rings. The average molecular weight is 384 g/mol. The molecule has 0 amide bonds. The molecule has 9 heteroatoms. The minimum absolute atomic E-state index is 0.576. The van der Waals surface area contributed by atoms with Gasteiger partial charge in [0.25, 0.3) is 0 Å². The lowest BCUT2D eigenvalue weighted by Gasteiger charge is -2.25.